The molecular formula is C39H38N2S. The Kier molecular flexibility index (Phi) is 6.91. The van der Waals surface area contributed by atoms with Crippen molar-refractivity contribution in [1.29, 1.82) is 0 Å². The van der Waals surface area contributed by atoms with Crippen LogP contribution in [0.1, 0.15) is 19.8 Å². The van der Waals surface area contributed by atoms with Gasteiger partial charge in [-0.1, -0.05) is 85.9 Å². The lowest BCUT2D eigenvalue weighted by molar-refractivity contribution is 0.741. The highest BCUT2D eigenvalue weighted by atomic mass is 32.3. The maximum atomic E-state index is 2.55. The lowest BCUT2D eigenvalue weighted by atomic mass is 10.0. The van der Waals surface area contributed by atoms with Crippen LogP contribution in [0.4, 0.5) is 5.69 Å². The Morgan fingerprint density at radius 2 is 1.43 bits per heavy atom. The molecule has 210 valence electrons. The van der Waals surface area contributed by atoms with Crippen LogP contribution < -0.4 is 4.90 Å². The molecule has 0 radical (unpaired) electrons. The van der Waals surface area contributed by atoms with Crippen LogP contribution in [0.3, 0.4) is 0 Å². The minimum Gasteiger partial charge on any atom is -0.378 e. The van der Waals surface area contributed by atoms with E-state index >= 15 is 0 Å². The first-order valence-corrected chi connectivity index (χ1v) is 16.7. The third-order valence-electron chi connectivity index (χ3n) is 8.90. The molecule has 3 atom stereocenters. The number of hydrogen-bond donors (Lipinski definition) is 0. The van der Waals surface area contributed by atoms with Gasteiger partial charge in [0.15, 0.2) is 0 Å². The normalized spacial score (nSPS) is 20.4. The lowest BCUT2D eigenvalue weighted by Gasteiger charge is -2.51. The molecule has 0 spiro atoms. The molecule has 3 unspecified atom stereocenters. The molecule has 0 saturated heterocycles. The molecular weight excluding hydrogens is 529 g/mol. The van der Waals surface area contributed by atoms with Gasteiger partial charge in [0.2, 0.25) is 0 Å². The molecule has 2 aliphatic rings. The Hall–Kier alpha value is -4.21. The van der Waals surface area contributed by atoms with Crippen LogP contribution in [0.25, 0.3) is 27.5 Å². The van der Waals surface area contributed by atoms with Crippen molar-refractivity contribution in [3.8, 4) is 5.69 Å². The maximum absolute atomic E-state index is 2.55. The second kappa shape index (κ2) is 10.9. The average Bonchev–Trinajstić information content (AvgIpc) is 3.37. The Bertz CT molecular complexity index is 1870. The van der Waals surface area contributed by atoms with Crippen molar-refractivity contribution >= 4 is 37.5 Å². The van der Waals surface area contributed by atoms with E-state index in [4.69, 9.17) is 0 Å². The van der Waals surface area contributed by atoms with E-state index in [1.54, 1.807) is 4.91 Å². The Labute approximate surface area is 251 Å². The van der Waals surface area contributed by atoms with Gasteiger partial charge in [0, 0.05) is 41.5 Å². The highest BCUT2D eigenvalue weighted by Crippen LogP contribution is 2.74. The zero-order valence-corrected chi connectivity index (χ0v) is 25.5. The molecule has 0 fully saturated rings. The van der Waals surface area contributed by atoms with Crippen LogP contribution in [-0.4, -0.2) is 23.9 Å². The molecule has 2 aliphatic carbocycles. The monoisotopic (exact) mass is 566 g/mol. The van der Waals surface area contributed by atoms with Crippen molar-refractivity contribution in [3.63, 3.8) is 0 Å². The first-order chi connectivity index (χ1) is 20.6. The fourth-order valence-electron chi connectivity index (χ4n) is 6.88. The van der Waals surface area contributed by atoms with Crippen LogP contribution in [0.15, 0.2) is 154 Å². The van der Waals surface area contributed by atoms with Crippen LogP contribution in [0, 0.1) is 5.92 Å². The molecule has 0 N–H and O–H groups in total. The van der Waals surface area contributed by atoms with Gasteiger partial charge in [-0.2, -0.15) is 10.0 Å². The molecule has 42 heavy (non-hydrogen) atoms. The number of nitrogens with zero attached hydrogens (tertiary/aromatic N) is 2. The lowest BCUT2D eigenvalue weighted by Crippen LogP contribution is -2.26. The van der Waals surface area contributed by atoms with Gasteiger partial charge in [0.05, 0.1) is 11.0 Å². The molecule has 2 nitrogen and oxygen atoms in total. The second-order valence-corrected chi connectivity index (χ2v) is 14.9. The average molecular weight is 567 g/mol. The summed E-state index contributed by atoms with van der Waals surface area (Å²) >= 11 is 0. The van der Waals surface area contributed by atoms with E-state index in [0.717, 1.165) is 12.8 Å². The smallest absolute Gasteiger partial charge is 0.0541 e. The molecule has 5 aromatic rings. The quantitative estimate of drug-likeness (QED) is 0.198. The fourth-order valence-corrected chi connectivity index (χ4v) is 11.7. The molecule has 4 aromatic carbocycles. The Morgan fingerprint density at radius 3 is 2.17 bits per heavy atom. The zero-order valence-electron chi connectivity index (χ0n) is 24.7. The van der Waals surface area contributed by atoms with E-state index in [9.17, 15) is 0 Å². The standard InChI is InChI=1S/C39H38N2S/c1-29-14-10-13-21-39(29)42(32-17-8-5-9-18-32,33-24-22-30(23-25-33)40(2)3)34-26-27-38-36(28-34)35-19-11-12-20-37(35)41(38)31-15-6-4-7-16-31/h4-8,10-17,19-29,39H,9,18H2,1-3H3. The van der Waals surface area contributed by atoms with E-state index < -0.39 is 10.0 Å². The van der Waals surface area contributed by atoms with E-state index in [-0.39, 0.29) is 0 Å². The number of anilines is 1. The number of allylic oxidation sites excluding steroid dienone is 7. The van der Waals surface area contributed by atoms with Gasteiger partial charge in [0.25, 0.3) is 0 Å². The van der Waals surface area contributed by atoms with Crippen LogP contribution in [0.5, 0.6) is 0 Å². The summed E-state index contributed by atoms with van der Waals surface area (Å²) in [6.07, 6.45) is 18.6. The number of rotatable bonds is 6. The number of benzene rings is 4. The minimum atomic E-state index is -1.62. The Morgan fingerprint density at radius 1 is 0.714 bits per heavy atom. The summed E-state index contributed by atoms with van der Waals surface area (Å²) in [4.78, 5) is 6.66. The largest absolute Gasteiger partial charge is 0.378 e. The van der Waals surface area contributed by atoms with Gasteiger partial charge < -0.3 is 9.47 Å². The number of fused-ring (bicyclic) bond motifs is 3. The highest BCUT2D eigenvalue weighted by molar-refractivity contribution is 8.37. The second-order valence-electron chi connectivity index (χ2n) is 11.6. The third-order valence-corrected chi connectivity index (χ3v) is 13.5. The summed E-state index contributed by atoms with van der Waals surface area (Å²) in [5.74, 6) is 0.423. The summed E-state index contributed by atoms with van der Waals surface area (Å²) in [7, 11) is 2.62. The number of hydrogen-bond acceptors (Lipinski definition) is 1. The first-order valence-electron chi connectivity index (χ1n) is 15.0. The highest BCUT2D eigenvalue weighted by Gasteiger charge is 2.42. The van der Waals surface area contributed by atoms with Crippen molar-refractivity contribution < 1.29 is 0 Å². The zero-order chi connectivity index (χ0) is 28.7. The predicted octanol–water partition coefficient (Wildman–Crippen LogP) is 10.4. The van der Waals surface area contributed by atoms with Crippen molar-refractivity contribution in [2.45, 2.75) is 34.8 Å². The van der Waals surface area contributed by atoms with Crippen LogP contribution in [-0.2, 0) is 0 Å². The van der Waals surface area contributed by atoms with Crippen LogP contribution >= 0.6 is 10.0 Å². The summed E-state index contributed by atoms with van der Waals surface area (Å²) in [6, 6.07) is 36.5. The maximum Gasteiger partial charge on any atom is 0.0541 e. The molecule has 1 aromatic heterocycles. The molecule has 0 bridgehead atoms. The predicted molar refractivity (Wildman–Crippen MR) is 183 cm³/mol. The Balaban J connectivity index is 1.56. The van der Waals surface area contributed by atoms with Crippen molar-refractivity contribution in [2.24, 2.45) is 5.92 Å². The van der Waals surface area contributed by atoms with E-state index in [1.165, 1.54) is 43.0 Å². The fraction of sp³-hybridized carbons (Fsp3) is 0.179. The molecule has 7 rings (SSSR count). The van der Waals surface area contributed by atoms with Gasteiger partial charge in [-0.15, -0.1) is 0 Å². The van der Waals surface area contributed by atoms with Gasteiger partial charge in [0.1, 0.15) is 0 Å². The van der Waals surface area contributed by atoms with Crippen molar-refractivity contribution in [1.82, 2.24) is 4.57 Å². The van der Waals surface area contributed by atoms with Gasteiger partial charge in [-0.25, -0.2) is 0 Å². The first kappa shape index (κ1) is 26.7. The van der Waals surface area contributed by atoms with Gasteiger partial charge in [-0.3, -0.25) is 0 Å². The van der Waals surface area contributed by atoms with Gasteiger partial charge in [-0.05, 0) is 94.1 Å². The van der Waals surface area contributed by atoms with Crippen molar-refractivity contribution in [2.75, 3.05) is 19.0 Å². The summed E-state index contributed by atoms with van der Waals surface area (Å²) in [6.45, 7) is 2.40. The van der Waals surface area contributed by atoms with Crippen LogP contribution in [0.2, 0.25) is 0 Å². The molecule has 3 heteroatoms. The molecule has 0 aliphatic heterocycles. The van der Waals surface area contributed by atoms with Crippen molar-refractivity contribution in [3.05, 3.63) is 144 Å². The van der Waals surface area contributed by atoms with E-state index in [1.807, 2.05) is 0 Å². The molecule has 0 amide bonds. The molecule has 1 heterocycles. The minimum absolute atomic E-state index is 0.366. The van der Waals surface area contributed by atoms with Gasteiger partial charge >= 0.3 is 0 Å². The number of aromatic nitrogens is 1. The molecule has 0 saturated carbocycles. The summed E-state index contributed by atoms with van der Waals surface area (Å²) < 4.78 is 2.42. The SMILES string of the molecule is CC1C=CC=CC1S(C1=CC=CCC1)(c1ccc(N(C)C)cc1)c1ccc2c(c1)c1ccccc1n2-c1ccccc1. The summed E-state index contributed by atoms with van der Waals surface area (Å²) in [5.41, 5.74) is 4.94. The number of para-hydroxylation sites is 2. The summed E-state index contributed by atoms with van der Waals surface area (Å²) in [5, 5.41) is 2.99. The van der Waals surface area contributed by atoms with E-state index in [2.05, 4.69) is 170 Å². The van der Waals surface area contributed by atoms with E-state index in [0.29, 0.717) is 11.2 Å². The third kappa shape index (κ3) is 4.26. The topological polar surface area (TPSA) is 8.17 Å².